The molecule has 0 bridgehead atoms. The Morgan fingerprint density at radius 1 is 0.338 bits per heavy atom. The van der Waals surface area contributed by atoms with Crippen LogP contribution in [0.2, 0.25) is 0 Å². The first-order valence-corrected chi connectivity index (χ1v) is 24.6. The Bertz CT molecular complexity index is 4570. The highest BCUT2D eigenvalue weighted by atomic mass is 15.0. The molecule has 0 fully saturated rings. The largest absolute Gasteiger partial charge is 0.307 e. The summed E-state index contributed by atoms with van der Waals surface area (Å²) in [5, 5.41) is 53.4. The van der Waals surface area contributed by atoms with Gasteiger partial charge in [-0.05, 0) is 141 Å². The highest BCUT2D eigenvalue weighted by Crippen LogP contribution is 2.46. The van der Waals surface area contributed by atoms with Crippen LogP contribution in [0.3, 0.4) is 0 Å². The van der Waals surface area contributed by atoms with E-state index in [2.05, 4.69) is 58.9 Å². The zero-order valence-electron chi connectivity index (χ0n) is 41.7. The van der Waals surface area contributed by atoms with E-state index in [0.29, 0.717) is 84.2 Å². The highest BCUT2D eigenvalue weighted by molar-refractivity contribution is 6.15. The maximum Gasteiger partial charge on any atom is 0.196 e. The van der Waals surface area contributed by atoms with Gasteiger partial charge in [0.15, 0.2) is 22.7 Å². The minimum atomic E-state index is 0.322. The smallest absolute Gasteiger partial charge is 0.196 e. The van der Waals surface area contributed by atoms with Crippen LogP contribution in [0.15, 0.2) is 182 Å². The standard InChI is InChI=1S/C68H30N12/c1-74-50-15-19-53(49(27-50)37-73)45-12-22-63-57(29-45)59-31-47(55-20-16-51(75-2)32-61(55)77-4)14-24-65(59)80(63)67-39-78-38-66(68(67)43-9-5-40(33-69)6-10-43)79-62-21-11-44(52-17-7-41(34-70)25-48(52)36-72)28-56(62)58-30-46(13-23-64(58)79)54-18-8-42(35-71)26-60(54)76-3/h5-32,38-39H. The minimum absolute atomic E-state index is 0.322. The summed E-state index contributed by atoms with van der Waals surface area (Å²) in [6.45, 7) is 31.4. The average Bonchev–Trinajstić information content (AvgIpc) is 4.19. The van der Waals surface area contributed by atoms with Gasteiger partial charge in [-0.25, -0.2) is 19.4 Å². The molecule has 0 aliphatic carbocycles. The van der Waals surface area contributed by atoms with Crippen molar-refractivity contribution in [1.82, 2.24) is 14.1 Å². The molecule has 0 aliphatic rings. The molecule has 0 spiro atoms. The fourth-order valence-electron chi connectivity index (χ4n) is 10.8. The first-order chi connectivity index (χ1) is 39.2. The van der Waals surface area contributed by atoms with Gasteiger partial charge in [0.1, 0.15) is 0 Å². The molecule has 12 rings (SSSR count). The molecule has 0 amide bonds. The lowest BCUT2D eigenvalue weighted by Crippen LogP contribution is -2.05. The second-order valence-corrected chi connectivity index (χ2v) is 18.7. The first-order valence-electron chi connectivity index (χ1n) is 24.6. The molecule has 80 heavy (non-hydrogen) atoms. The van der Waals surface area contributed by atoms with Crippen molar-refractivity contribution in [2.75, 3.05) is 0 Å². The normalized spacial score (nSPS) is 10.6. The summed E-state index contributed by atoms with van der Waals surface area (Å²) in [6, 6.07) is 62.6. The summed E-state index contributed by atoms with van der Waals surface area (Å²) in [5.41, 5.74) is 14.8. The quantitative estimate of drug-likeness (QED) is 0.145. The van der Waals surface area contributed by atoms with Crippen LogP contribution in [0, 0.1) is 82.9 Å². The molecular weight excluding hydrogens is 985 g/mol. The van der Waals surface area contributed by atoms with Crippen molar-refractivity contribution >= 4 is 66.4 Å². The molecular formula is C68H30N12. The van der Waals surface area contributed by atoms with Crippen molar-refractivity contribution in [3.63, 3.8) is 0 Å². The number of hydrogen-bond acceptors (Lipinski definition) is 6. The van der Waals surface area contributed by atoms with Crippen LogP contribution in [0.1, 0.15) is 27.8 Å². The van der Waals surface area contributed by atoms with Crippen LogP contribution in [-0.2, 0) is 0 Å². The van der Waals surface area contributed by atoms with Crippen LogP contribution >= 0.6 is 0 Å². The maximum absolute atomic E-state index is 10.3. The minimum Gasteiger partial charge on any atom is -0.307 e. The average molecular weight is 1020 g/mol. The van der Waals surface area contributed by atoms with E-state index >= 15 is 0 Å². The van der Waals surface area contributed by atoms with Gasteiger partial charge in [-0.2, -0.15) is 26.3 Å². The van der Waals surface area contributed by atoms with Crippen molar-refractivity contribution in [2.24, 2.45) is 0 Å². The van der Waals surface area contributed by atoms with Crippen molar-refractivity contribution in [1.29, 1.82) is 26.3 Å². The number of benzene rings is 9. The van der Waals surface area contributed by atoms with Crippen LogP contribution in [0.25, 0.3) is 130 Å². The van der Waals surface area contributed by atoms with Crippen molar-refractivity contribution in [2.45, 2.75) is 0 Å². The summed E-state index contributed by atoms with van der Waals surface area (Å²) in [6.07, 6.45) is 3.62. The second-order valence-electron chi connectivity index (χ2n) is 18.7. The number of fused-ring (bicyclic) bond motifs is 6. The van der Waals surface area contributed by atoms with Gasteiger partial charge < -0.3 is 9.13 Å². The lowest BCUT2D eigenvalue weighted by molar-refractivity contribution is 1.09. The number of nitriles is 5. The Morgan fingerprint density at radius 2 is 0.713 bits per heavy atom. The molecule has 0 radical (unpaired) electrons. The van der Waals surface area contributed by atoms with Crippen LogP contribution in [0.4, 0.5) is 22.7 Å². The van der Waals surface area contributed by atoms with Gasteiger partial charge >= 0.3 is 0 Å². The summed E-state index contributed by atoms with van der Waals surface area (Å²) in [5.74, 6) is 0. The molecule has 0 saturated heterocycles. The summed E-state index contributed by atoms with van der Waals surface area (Å²) < 4.78 is 4.28. The Kier molecular flexibility index (Phi) is 11.7. The predicted octanol–water partition coefficient (Wildman–Crippen LogP) is 17.2. The van der Waals surface area contributed by atoms with Crippen LogP contribution in [-0.4, -0.2) is 14.1 Å². The van der Waals surface area contributed by atoms with Gasteiger partial charge in [-0.15, -0.1) is 0 Å². The highest BCUT2D eigenvalue weighted by Gasteiger charge is 2.25. The molecule has 3 aromatic heterocycles. The molecule has 0 N–H and O–H groups in total. The Balaban J connectivity index is 1.18. The van der Waals surface area contributed by atoms with Gasteiger partial charge in [0.2, 0.25) is 0 Å². The summed E-state index contributed by atoms with van der Waals surface area (Å²) in [7, 11) is 0. The van der Waals surface area contributed by atoms with E-state index in [4.69, 9.17) is 31.3 Å². The molecule has 362 valence electrons. The van der Waals surface area contributed by atoms with Gasteiger partial charge in [-0.3, -0.25) is 4.98 Å². The second kappa shape index (κ2) is 19.4. The van der Waals surface area contributed by atoms with Gasteiger partial charge in [-0.1, -0.05) is 78.9 Å². The van der Waals surface area contributed by atoms with Gasteiger partial charge in [0.25, 0.3) is 0 Å². The van der Waals surface area contributed by atoms with Crippen molar-refractivity contribution < 1.29 is 0 Å². The SMILES string of the molecule is [C-]#[N+]c1ccc(-c2ccc3c(c2)c2cc(-c4ccc([N+]#[C-])cc4[N+]#[C-])ccc2n3-c2cncc(-n3c4ccc(-c5ccc(C#N)cc5C#N)cc4c4cc(-c5ccc(C#N)cc5[N+]#[C-])ccc43)c2-c2ccc(C#N)cc2)c(C#N)c1. The number of pyridine rings is 1. The van der Waals surface area contributed by atoms with E-state index in [9.17, 15) is 26.3 Å². The van der Waals surface area contributed by atoms with E-state index < -0.39 is 0 Å². The number of nitrogens with zero attached hydrogens (tertiary/aromatic N) is 12. The molecule has 0 saturated carbocycles. The zero-order valence-corrected chi connectivity index (χ0v) is 41.7. The van der Waals surface area contributed by atoms with Crippen molar-refractivity contribution in [3.8, 4) is 97.4 Å². The van der Waals surface area contributed by atoms with E-state index in [-0.39, 0.29) is 0 Å². The van der Waals surface area contributed by atoms with Crippen LogP contribution in [0.5, 0.6) is 0 Å². The van der Waals surface area contributed by atoms with Crippen molar-refractivity contribution in [3.05, 3.63) is 256 Å². The molecule has 0 atom stereocenters. The number of hydrogen-bond donors (Lipinski definition) is 0. The lowest BCUT2D eigenvalue weighted by atomic mass is 9.96. The fraction of sp³-hybridized carbons (Fsp3) is 0. The maximum atomic E-state index is 10.3. The Labute approximate surface area is 457 Å². The van der Waals surface area contributed by atoms with E-state index in [0.717, 1.165) is 77.0 Å². The third-order valence-electron chi connectivity index (χ3n) is 14.5. The fourth-order valence-corrected chi connectivity index (χ4v) is 10.8. The zero-order chi connectivity index (χ0) is 55.2. The molecule has 0 aliphatic heterocycles. The van der Waals surface area contributed by atoms with E-state index in [1.807, 2.05) is 97.3 Å². The molecule has 12 aromatic rings. The summed E-state index contributed by atoms with van der Waals surface area (Å²) in [4.78, 5) is 19.8. The Morgan fingerprint density at radius 3 is 1.16 bits per heavy atom. The van der Waals surface area contributed by atoms with E-state index in [1.165, 1.54) is 0 Å². The summed E-state index contributed by atoms with van der Waals surface area (Å²) >= 11 is 0. The lowest BCUT2D eigenvalue weighted by Gasteiger charge is -2.20. The monoisotopic (exact) mass is 1010 g/mol. The Hall–Kier alpha value is -12.9. The van der Waals surface area contributed by atoms with E-state index in [1.54, 1.807) is 84.9 Å². The molecule has 12 heteroatoms. The molecule has 12 nitrogen and oxygen atoms in total. The third kappa shape index (κ3) is 7.82. The number of rotatable bonds is 7. The molecule has 9 aromatic carbocycles. The molecule has 3 heterocycles. The third-order valence-corrected chi connectivity index (χ3v) is 14.5. The topological polar surface area (TPSA) is 159 Å². The number of aromatic nitrogens is 3. The van der Waals surface area contributed by atoms with Crippen LogP contribution < -0.4 is 0 Å². The predicted molar refractivity (Wildman–Crippen MR) is 309 cm³/mol. The molecule has 0 unspecified atom stereocenters. The first kappa shape index (κ1) is 48.1. The van der Waals surface area contributed by atoms with Gasteiger partial charge in [0, 0.05) is 38.2 Å². The van der Waals surface area contributed by atoms with Gasteiger partial charge in [0.05, 0.1) is 119 Å².